The molecule has 0 N–H and O–H groups in total. The summed E-state index contributed by atoms with van der Waals surface area (Å²) in [6.45, 7) is 8.84. The highest BCUT2D eigenvalue weighted by molar-refractivity contribution is 7.89. The molecule has 0 bridgehead atoms. The summed E-state index contributed by atoms with van der Waals surface area (Å²) in [6, 6.07) is 5.32. The molecule has 2 heterocycles. The Bertz CT molecular complexity index is 871. The van der Waals surface area contributed by atoms with Crippen molar-refractivity contribution in [1.29, 1.82) is 0 Å². The molecule has 1 aliphatic rings. The van der Waals surface area contributed by atoms with Crippen LogP contribution in [0.3, 0.4) is 0 Å². The molecule has 7 nitrogen and oxygen atoms in total. The number of benzene rings is 1. The maximum atomic E-state index is 12.9. The lowest BCUT2D eigenvalue weighted by Crippen LogP contribution is -2.48. The molecular formula is C19H28N4O3S. The van der Waals surface area contributed by atoms with Gasteiger partial charge in [-0.2, -0.15) is 9.29 Å². The zero-order valence-corrected chi connectivity index (χ0v) is 17.1. The molecule has 2 aromatic rings. The molecule has 3 rings (SSSR count). The van der Waals surface area contributed by atoms with E-state index < -0.39 is 10.0 Å². The second-order valence-corrected chi connectivity index (χ2v) is 9.07. The normalized spacial score (nSPS) is 16.7. The van der Waals surface area contributed by atoms with Crippen molar-refractivity contribution < 1.29 is 12.9 Å². The van der Waals surface area contributed by atoms with Crippen LogP contribution in [0.5, 0.6) is 0 Å². The molecule has 27 heavy (non-hydrogen) atoms. The average Bonchev–Trinajstić information content (AvgIpc) is 3.10. The number of unbranched alkanes of at least 4 members (excludes halogenated alkanes) is 1. The van der Waals surface area contributed by atoms with Crippen molar-refractivity contribution in [3.8, 4) is 0 Å². The van der Waals surface area contributed by atoms with Gasteiger partial charge in [-0.3, -0.25) is 4.90 Å². The number of hydrogen-bond acceptors (Lipinski definition) is 6. The molecule has 8 heteroatoms. The quantitative estimate of drug-likeness (QED) is 0.720. The van der Waals surface area contributed by atoms with Crippen molar-refractivity contribution in [2.75, 3.05) is 26.2 Å². The summed E-state index contributed by atoms with van der Waals surface area (Å²) in [7, 11) is -3.45. The zero-order valence-electron chi connectivity index (χ0n) is 16.3. The van der Waals surface area contributed by atoms with E-state index in [-0.39, 0.29) is 0 Å². The van der Waals surface area contributed by atoms with Gasteiger partial charge < -0.3 is 4.52 Å². The number of rotatable bonds is 7. The molecule has 0 unspecified atom stereocenters. The summed E-state index contributed by atoms with van der Waals surface area (Å²) >= 11 is 0. The van der Waals surface area contributed by atoms with Crippen molar-refractivity contribution in [2.24, 2.45) is 0 Å². The van der Waals surface area contributed by atoms with E-state index >= 15 is 0 Å². The van der Waals surface area contributed by atoms with Crippen LogP contribution in [0.25, 0.3) is 0 Å². The van der Waals surface area contributed by atoms with Crippen LogP contribution in [0, 0.1) is 13.8 Å². The summed E-state index contributed by atoms with van der Waals surface area (Å²) in [5.74, 6) is 1.36. The molecule has 1 aromatic heterocycles. The third kappa shape index (κ3) is 4.75. The van der Waals surface area contributed by atoms with Gasteiger partial charge in [0.15, 0.2) is 5.82 Å². The standard InChI is InChI=1S/C19H28N4O3S/c1-4-5-6-18-20-19(26-21-18)14-22-9-11-23(12-10-22)27(24,25)17-8-7-15(2)16(3)13-17/h7-8,13H,4-6,9-12,14H2,1-3H3. The van der Waals surface area contributed by atoms with Crippen molar-refractivity contribution in [3.63, 3.8) is 0 Å². The topological polar surface area (TPSA) is 79.5 Å². The number of aromatic nitrogens is 2. The van der Waals surface area contributed by atoms with Crippen LogP contribution >= 0.6 is 0 Å². The Kier molecular flexibility index (Phi) is 6.29. The third-order valence-corrected chi connectivity index (χ3v) is 6.96. The molecule has 0 amide bonds. The lowest BCUT2D eigenvalue weighted by Gasteiger charge is -2.33. The third-order valence-electron chi connectivity index (χ3n) is 5.07. The number of piperazine rings is 1. The van der Waals surface area contributed by atoms with Crippen LogP contribution in [0.2, 0.25) is 0 Å². The van der Waals surface area contributed by atoms with Crippen molar-refractivity contribution in [3.05, 3.63) is 41.0 Å². The molecule has 0 aliphatic carbocycles. The number of hydrogen-bond donors (Lipinski definition) is 0. The van der Waals surface area contributed by atoms with E-state index in [4.69, 9.17) is 4.52 Å². The van der Waals surface area contributed by atoms with E-state index in [0.717, 1.165) is 36.2 Å². The molecule has 0 radical (unpaired) electrons. The first-order valence-electron chi connectivity index (χ1n) is 9.51. The molecule has 148 valence electrons. The number of nitrogens with zero attached hydrogens (tertiary/aromatic N) is 4. The number of aryl methyl sites for hydroxylation is 3. The second kappa shape index (κ2) is 8.50. The highest BCUT2D eigenvalue weighted by atomic mass is 32.2. The Balaban J connectivity index is 1.58. The maximum absolute atomic E-state index is 12.9. The van der Waals surface area contributed by atoms with Gasteiger partial charge in [0.1, 0.15) is 0 Å². The van der Waals surface area contributed by atoms with Gasteiger partial charge in [-0.15, -0.1) is 0 Å². The second-order valence-electron chi connectivity index (χ2n) is 7.13. The Morgan fingerprint density at radius 3 is 2.52 bits per heavy atom. The monoisotopic (exact) mass is 392 g/mol. The first kappa shape index (κ1) is 20.0. The predicted molar refractivity (Wildman–Crippen MR) is 103 cm³/mol. The van der Waals surface area contributed by atoms with Crippen LogP contribution in [-0.2, 0) is 23.0 Å². The van der Waals surface area contributed by atoms with Gasteiger partial charge in [0.2, 0.25) is 15.9 Å². The molecule has 1 aliphatic heterocycles. The van der Waals surface area contributed by atoms with E-state index in [1.165, 1.54) is 0 Å². The first-order chi connectivity index (χ1) is 12.9. The summed E-state index contributed by atoms with van der Waals surface area (Å²) in [5, 5.41) is 4.01. The largest absolute Gasteiger partial charge is 0.338 e. The van der Waals surface area contributed by atoms with Crippen molar-refractivity contribution in [2.45, 2.75) is 51.5 Å². The van der Waals surface area contributed by atoms with Gasteiger partial charge >= 0.3 is 0 Å². The summed E-state index contributed by atoms with van der Waals surface area (Å²) < 4.78 is 32.7. The lowest BCUT2D eigenvalue weighted by molar-refractivity contribution is 0.163. The SMILES string of the molecule is CCCCc1noc(CN2CCN(S(=O)(=O)c3ccc(C)c(C)c3)CC2)n1. The first-order valence-corrected chi connectivity index (χ1v) is 11.0. The Morgan fingerprint density at radius 2 is 1.85 bits per heavy atom. The van der Waals surface area contributed by atoms with E-state index in [9.17, 15) is 8.42 Å². The fourth-order valence-corrected chi connectivity index (χ4v) is 4.64. The van der Waals surface area contributed by atoms with E-state index in [1.807, 2.05) is 19.9 Å². The Morgan fingerprint density at radius 1 is 1.11 bits per heavy atom. The van der Waals surface area contributed by atoms with Gasteiger partial charge in [-0.05, 0) is 43.5 Å². The van der Waals surface area contributed by atoms with Crippen molar-refractivity contribution in [1.82, 2.24) is 19.3 Å². The van der Waals surface area contributed by atoms with Crippen LogP contribution in [0.15, 0.2) is 27.6 Å². The highest BCUT2D eigenvalue weighted by Crippen LogP contribution is 2.21. The fourth-order valence-electron chi connectivity index (χ4n) is 3.13. The predicted octanol–water partition coefficient (Wildman–Crippen LogP) is 2.54. The summed E-state index contributed by atoms with van der Waals surface area (Å²) in [4.78, 5) is 6.95. The van der Waals surface area contributed by atoms with Crippen LogP contribution in [0.4, 0.5) is 0 Å². The van der Waals surface area contributed by atoms with Crippen molar-refractivity contribution >= 4 is 10.0 Å². The van der Waals surface area contributed by atoms with Gasteiger partial charge in [0, 0.05) is 32.6 Å². The number of sulfonamides is 1. The van der Waals surface area contributed by atoms with E-state index in [0.29, 0.717) is 43.5 Å². The van der Waals surface area contributed by atoms with E-state index in [1.54, 1.807) is 16.4 Å². The lowest BCUT2D eigenvalue weighted by atomic mass is 10.1. The van der Waals surface area contributed by atoms with Gasteiger partial charge in [0.05, 0.1) is 11.4 Å². The minimum Gasteiger partial charge on any atom is -0.338 e. The molecular weight excluding hydrogens is 364 g/mol. The Hall–Kier alpha value is -1.77. The van der Waals surface area contributed by atoms with Gasteiger partial charge in [-0.1, -0.05) is 24.6 Å². The van der Waals surface area contributed by atoms with Crippen LogP contribution < -0.4 is 0 Å². The average molecular weight is 393 g/mol. The molecule has 0 spiro atoms. The van der Waals surface area contributed by atoms with Crippen LogP contribution in [-0.4, -0.2) is 53.9 Å². The van der Waals surface area contributed by atoms with Crippen LogP contribution in [0.1, 0.15) is 42.6 Å². The molecule has 1 saturated heterocycles. The maximum Gasteiger partial charge on any atom is 0.243 e. The zero-order chi connectivity index (χ0) is 19.4. The molecule has 1 fully saturated rings. The smallest absolute Gasteiger partial charge is 0.243 e. The molecule has 1 aromatic carbocycles. The Labute approximate surface area is 161 Å². The molecule has 0 saturated carbocycles. The minimum absolute atomic E-state index is 0.372. The molecule has 0 atom stereocenters. The highest BCUT2D eigenvalue weighted by Gasteiger charge is 2.29. The summed E-state index contributed by atoms with van der Waals surface area (Å²) in [5.41, 5.74) is 2.08. The fraction of sp³-hybridized carbons (Fsp3) is 0.579. The van der Waals surface area contributed by atoms with Gasteiger partial charge in [0.25, 0.3) is 0 Å². The van der Waals surface area contributed by atoms with E-state index in [2.05, 4.69) is 22.0 Å². The minimum atomic E-state index is -3.45. The summed E-state index contributed by atoms with van der Waals surface area (Å²) in [6.07, 6.45) is 2.98. The van der Waals surface area contributed by atoms with Gasteiger partial charge in [-0.25, -0.2) is 8.42 Å².